The molecule has 1 aliphatic heterocycles. The van der Waals surface area contributed by atoms with Gasteiger partial charge >= 0.3 is 6.18 Å². The van der Waals surface area contributed by atoms with E-state index in [9.17, 15) is 13.2 Å². The molecule has 102 valence electrons. The SMILES string of the molecule is CC1OCCC1Nc1ccc(C(F)(F)F)c(C#N)c1. The van der Waals surface area contributed by atoms with Crippen molar-refractivity contribution in [2.45, 2.75) is 31.7 Å². The van der Waals surface area contributed by atoms with Crippen molar-refractivity contribution in [3.63, 3.8) is 0 Å². The number of nitrogens with zero attached hydrogens (tertiary/aromatic N) is 1. The summed E-state index contributed by atoms with van der Waals surface area (Å²) in [6, 6.07) is 5.15. The molecule has 0 radical (unpaired) electrons. The zero-order chi connectivity index (χ0) is 14.0. The van der Waals surface area contributed by atoms with Crippen LogP contribution in [0.3, 0.4) is 0 Å². The van der Waals surface area contributed by atoms with E-state index in [-0.39, 0.29) is 17.7 Å². The first-order valence-corrected chi connectivity index (χ1v) is 5.91. The van der Waals surface area contributed by atoms with Gasteiger partial charge in [-0.1, -0.05) is 0 Å². The van der Waals surface area contributed by atoms with Gasteiger partial charge in [0.1, 0.15) is 0 Å². The van der Waals surface area contributed by atoms with Gasteiger partial charge in [0, 0.05) is 12.3 Å². The number of benzene rings is 1. The van der Waals surface area contributed by atoms with Crippen LogP contribution in [0.15, 0.2) is 18.2 Å². The lowest BCUT2D eigenvalue weighted by Gasteiger charge is -2.18. The fourth-order valence-corrected chi connectivity index (χ4v) is 2.11. The van der Waals surface area contributed by atoms with Gasteiger partial charge in [-0.05, 0) is 31.5 Å². The molecule has 0 saturated carbocycles. The van der Waals surface area contributed by atoms with Gasteiger partial charge < -0.3 is 10.1 Å². The van der Waals surface area contributed by atoms with Gasteiger partial charge in [-0.3, -0.25) is 0 Å². The molecule has 1 aromatic carbocycles. The molecule has 1 N–H and O–H groups in total. The van der Waals surface area contributed by atoms with Crippen LogP contribution >= 0.6 is 0 Å². The summed E-state index contributed by atoms with van der Waals surface area (Å²) < 4.78 is 43.3. The number of nitrogens with one attached hydrogen (secondary N) is 1. The van der Waals surface area contributed by atoms with E-state index in [0.29, 0.717) is 12.3 Å². The predicted molar refractivity (Wildman–Crippen MR) is 63.6 cm³/mol. The van der Waals surface area contributed by atoms with Crippen molar-refractivity contribution in [3.8, 4) is 6.07 Å². The van der Waals surface area contributed by atoms with Gasteiger partial charge in [-0.2, -0.15) is 18.4 Å². The van der Waals surface area contributed by atoms with Crippen LogP contribution in [0.25, 0.3) is 0 Å². The van der Waals surface area contributed by atoms with E-state index in [4.69, 9.17) is 10.00 Å². The number of anilines is 1. The maximum atomic E-state index is 12.6. The summed E-state index contributed by atoms with van der Waals surface area (Å²) in [5, 5.41) is 11.9. The molecule has 19 heavy (non-hydrogen) atoms. The van der Waals surface area contributed by atoms with Crippen LogP contribution in [-0.2, 0) is 10.9 Å². The molecule has 0 bridgehead atoms. The summed E-state index contributed by atoms with van der Waals surface area (Å²) >= 11 is 0. The molecule has 0 aliphatic carbocycles. The van der Waals surface area contributed by atoms with E-state index in [2.05, 4.69) is 5.32 Å². The Morgan fingerprint density at radius 3 is 2.68 bits per heavy atom. The Morgan fingerprint density at radius 1 is 1.42 bits per heavy atom. The summed E-state index contributed by atoms with van der Waals surface area (Å²) in [7, 11) is 0. The Hall–Kier alpha value is -1.74. The van der Waals surface area contributed by atoms with Crippen molar-refractivity contribution < 1.29 is 17.9 Å². The Bertz CT molecular complexity index is 508. The van der Waals surface area contributed by atoms with E-state index >= 15 is 0 Å². The van der Waals surface area contributed by atoms with Crippen molar-refractivity contribution in [1.82, 2.24) is 0 Å². The number of alkyl halides is 3. The molecular weight excluding hydrogens is 257 g/mol. The standard InChI is InChI=1S/C13H13F3N2O/c1-8-12(4-5-19-8)18-10-2-3-11(13(14,15)16)9(6-10)7-17/h2-3,6,8,12,18H,4-5H2,1H3. The third-order valence-corrected chi connectivity index (χ3v) is 3.17. The van der Waals surface area contributed by atoms with Crippen molar-refractivity contribution in [3.05, 3.63) is 29.3 Å². The molecule has 0 spiro atoms. The van der Waals surface area contributed by atoms with E-state index in [1.165, 1.54) is 12.1 Å². The van der Waals surface area contributed by atoms with Gasteiger partial charge in [-0.15, -0.1) is 0 Å². The van der Waals surface area contributed by atoms with Gasteiger partial charge in [0.2, 0.25) is 0 Å². The largest absolute Gasteiger partial charge is 0.417 e. The van der Waals surface area contributed by atoms with E-state index in [1.807, 2.05) is 6.92 Å². The maximum absolute atomic E-state index is 12.6. The van der Waals surface area contributed by atoms with Crippen LogP contribution < -0.4 is 5.32 Å². The van der Waals surface area contributed by atoms with Crippen molar-refractivity contribution in [1.29, 1.82) is 5.26 Å². The van der Waals surface area contributed by atoms with Crippen molar-refractivity contribution >= 4 is 5.69 Å². The lowest BCUT2D eigenvalue weighted by molar-refractivity contribution is -0.137. The second kappa shape index (κ2) is 5.10. The highest BCUT2D eigenvalue weighted by molar-refractivity contribution is 5.54. The zero-order valence-electron chi connectivity index (χ0n) is 10.3. The molecule has 1 fully saturated rings. The number of hydrogen-bond acceptors (Lipinski definition) is 3. The first-order valence-electron chi connectivity index (χ1n) is 5.91. The molecule has 1 aromatic rings. The van der Waals surface area contributed by atoms with Gasteiger partial charge in [0.15, 0.2) is 0 Å². The molecule has 2 unspecified atom stereocenters. The molecular formula is C13H13F3N2O. The molecule has 0 aromatic heterocycles. The minimum atomic E-state index is -4.51. The zero-order valence-corrected chi connectivity index (χ0v) is 10.3. The van der Waals surface area contributed by atoms with E-state index in [0.717, 1.165) is 12.5 Å². The Morgan fingerprint density at radius 2 is 2.16 bits per heavy atom. The summed E-state index contributed by atoms with van der Waals surface area (Å²) in [5.41, 5.74) is -0.771. The van der Waals surface area contributed by atoms with Crippen LogP contribution in [0.4, 0.5) is 18.9 Å². The minimum Gasteiger partial charge on any atom is -0.380 e. The van der Waals surface area contributed by atoms with Crippen molar-refractivity contribution in [2.24, 2.45) is 0 Å². The molecule has 1 saturated heterocycles. The highest BCUT2D eigenvalue weighted by Gasteiger charge is 2.33. The molecule has 2 atom stereocenters. The van der Waals surface area contributed by atoms with Crippen molar-refractivity contribution in [2.75, 3.05) is 11.9 Å². The van der Waals surface area contributed by atoms with Crippen LogP contribution in [0.2, 0.25) is 0 Å². The maximum Gasteiger partial charge on any atom is 0.417 e. The molecule has 6 heteroatoms. The van der Waals surface area contributed by atoms with Crippen LogP contribution in [0, 0.1) is 11.3 Å². The molecule has 1 heterocycles. The number of nitriles is 1. The summed E-state index contributed by atoms with van der Waals surface area (Å²) in [4.78, 5) is 0. The third-order valence-electron chi connectivity index (χ3n) is 3.17. The summed E-state index contributed by atoms with van der Waals surface area (Å²) in [6.07, 6.45) is -3.70. The summed E-state index contributed by atoms with van der Waals surface area (Å²) in [6.45, 7) is 2.53. The number of hydrogen-bond donors (Lipinski definition) is 1. The topological polar surface area (TPSA) is 45.0 Å². The smallest absolute Gasteiger partial charge is 0.380 e. The first kappa shape index (κ1) is 13.7. The molecule has 0 amide bonds. The Labute approximate surface area is 109 Å². The highest BCUT2D eigenvalue weighted by Crippen LogP contribution is 2.33. The summed E-state index contributed by atoms with van der Waals surface area (Å²) in [5.74, 6) is 0. The first-order chi connectivity index (χ1) is 8.91. The molecule has 1 aliphatic rings. The number of halogens is 3. The van der Waals surface area contributed by atoms with Gasteiger partial charge in [-0.25, -0.2) is 0 Å². The van der Waals surface area contributed by atoms with Crippen LogP contribution in [-0.4, -0.2) is 18.8 Å². The van der Waals surface area contributed by atoms with Crippen LogP contribution in [0.5, 0.6) is 0 Å². The second-order valence-corrected chi connectivity index (χ2v) is 4.49. The molecule has 2 rings (SSSR count). The number of ether oxygens (including phenoxy) is 1. The number of rotatable bonds is 2. The Balaban J connectivity index is 2.23. The normalized spacial score (nSPS) is 23.1. The van der Waals surface area contributed by atoms with E-state index in [1.54, 1.807) is 6.07 Å². The monoisotopic (exact) mass is 270 g/mol. The minimum absolute atomic E-state index is 0.00725. The lowest BCUT2D eigenvalue weighted by atomic mass is 10.1. The van der Waals surface area contributed by atoms with E-state index < -0.39 is 11.7 Å². The highest BCUT2D eigenvalue weighted by atomic mass is 19.4. The lowest BCUT2D eigenvalue weighted by Crippen LogP contribution is -2.26. The average Bonchev–Trinajstić information content (AvgIpc) is 2.73. The second-order valence-electron chi connectivity index (χ2n) is 4.49. The Kier molecular flexibility index (Phi) is 3.67. The fraction of sp³-hybridized carbons (Fsp3) is 0.462. The quantitative estimate of drug-likeness (QED) is 0.897. The predicted octanol–water partition coefficient (Wildman–Crippen LogP) is 3.17. The van der Waals surface area contributed by atoms with Gasteiger partial charge in [0.05, 0.1) is 29.3 Å². The fourth-order valence-electron chi connectivity index (χ4n) is 2.11. The molecule has 3 nitrogen and oxygen atoms in total. The van der Waals surface area contributed by atoms with Crippen LogP contribution in [0.1, 0.15) is 24.5 Å². The average molecular weight is 270 g/mol. The third kappa shape index (κ3) is 2.99. The van der Waals surface area contributed by atoms with Gasteiger partial charge in [0.25, 0.3) is 0 Å².